The lowest BCUT2D eigenvalue weighted by molar-refractivity contribution is -0.133. The van der Waals surface area contributed by atoms with Gasteiger partial charge in [0, 0.05) is 32.4 Å². The highest BCUT2D eigenvalue weighted by molar-refractivity contribution is 5.86. The third-order valence-corrected chi connectivity index (χ3v) is 3.45. The maximum Gasteiger partial charge on any atom is 0.245 e. The number of likely N-dealkylation sites (N-methyl/N-ethyl adjacent to an activating group) is 1. The number of amides is 1. The predicted molar refractivity (Wildman–Crippen MR) is 71.7 cm³/mol. The van der Waals surface area contributed by atoms with Gasteiger partial charge >= 0.3 is 0 Å². The van der Waals surface area contributed by atoms with Crippen molar-refractivity contribution >= 4 is 11.6 Å². The molecule has 18 heavy (non-hydrogen) atoms. The Morgan fingerprint density at radius 2 is 2.17 bits per heavy atom. The quantitative estimate of drug-likeness (QED) is 0.868. The van der Waals surface area contributed by atoms with Crippen LogP contribution in [0.1, 0.15) is 12.0 Å². The molecule has 1 amide bonds. The Labute approximate surface area is 108 Å². The van der Waals surface area contributed by atoms with Crippen LogP contribution in [0.25, 0.3) is 0 Å². The molecule has 0 radical (unpaired) electrons. The Morgan fingerprint density at radius 3 is 2.83 bits per heavy atom. The summed E-state index contributed by atoms with van der Waals surface area (Å²) < 4.78 is 0. The first kappa shape index (κ1) is 12.9. The highest BCUT2D eigenvalue weighted by Crippen LogP contribution is 2.23. The van der Waals surface area contributed by atoms with E-state index in [0.29, 0.717) is 6.42 Å². The van der Waals surface area contributed by atoms with Gasteiger partial charge in [-0.15, -0.1) is 0 Å². The summed E-state index contributed by atoms with van der Waals surface area (Å²) in [5.74, 6) is 0.0943. The average Bonchev–Trinajstić information content (AvgIpc) is 2.35. The summed E-state index contributed by atoms with van der Waals surface area (Å²) in [5, 5.41) is 9.14. The number of carbonyl (C=O) groups excluding carboxylic acids is 1. The van der Waals surface area contributed by atoms with Crippen molar-refractivity contribution in [2.45, 2.75) is 19.4 Å². The van der Waals surface area contributed by atoms with Crippen LogP contribution in [0.15, 0.2) is 24.3 Å². The standard InChI is InChI=1S/C14H20N2O2/c1-11-4-3-5-12(10-11)16-8-7-15(2)14(18)13(16)6-9-17/h3-5,10,13,17H,6-9H2,1-2H3. The molecule has 0 spiro atoms. The summed E-state index contributed by atoms with van der Waals surface area (Å²) in [5.41, 5.74) is 2.25. The zero-order valence-electron chi connectivity index (χ0n) is 11.0. The normalized spacial score (nSPS) is 20.4. The SMILES string of the molecule is Cc1cccc(N2CCN(C)C(=O)C2CCO)c1. The molecule has 2 rings (SSSR count). The number of piperazine rings is 1. The van der Waals surface area contributed by atoms with E-state index in [4.69, 9.17) is 5.11 Å². The third-order valence-electron chi connectivity index (χ3n) is 3.45. The maximum absolute atomic E-state index is 12.2. The second-order valence-electron chi connectivity index (χ2n) is 4.82. The molecule has 1 atom stereocenters. The van der Waals surface area contributed by atoms with Gasteiger partial charge in [-0.1, -0.05) is 12.1 Å². The molecule has 1 aromatic rings. The fourth-order valence-electron chi connectivity index (χ4n) is 2.43. The molecule has 1 N–H and O–H groups in total. The number of aliphatic hydroxyl groups is 1. The number of anilines is 1. The van der Waals surface area contributed by atoms with Crippen molar-refractivity contribution in [1.82, 2.24) is 4.90 Å². The topological polar surface area (TPSA) is 43.8 Å². The highest BCUT2D eigenvalue weighted by Gasteiger charge is 2.32. The van der Waals surface area contributed by atoms with E-state index in [0.717, 1.165) is 18.8 Å². The van der Waals surface area contributed by atoms with Gasteiger partial charge in [-0.25, -0.2) is 0 Å². The van der Waals surface area contributed by atoms with Gasteiger partial charge in [-0.3, -0.25) is 4.79 Å². The lowest BCUT2D eigenvalue weighted by atomic mass is 10.1. The Kier molecular flexibility index (Phi) is 3.87. The minimum atomic E-state index is -0.240. The Bertz CT molecular complexity index is 434. The van der Waals surface area contributed by atoms with Crippen LogP contribution in [-0.2, 0) is 4.79 Å². The number of benzene rings is 1. The number of nitrogens with zero attached hydrogens (tertiary/aromatic N) is 2. The van der Waals surface area contributed by atoms with Crippen LogP contribution in [0.3, 0.4) is 0 Å². The molecule has 4 heteroatoms. The van der Waals surface area contributed by atoms with E-state index in [-0.39, 0.29) is 18.6 Å². The second kappa shape index (κ2) is 5.40. The van der Waals surface area contributed by atoms with Crippen molar-refractivity contribution in [3.63, 3.8) is 0 Å². The smallest absolute Gasteiger partial charge is 0.245 e. The monoisotopic (exact) mass is 248 g/mol. The molecule has 1 aromatic carbocycles. The third kappa shape index (κ3) is 2.48. The summed E-state index contributed by atoms with van der Waals surface area (Å²) in [6.45, 7) is 3.63. The van der Waals surface area contributed by atoms with Crippen LogP contribution in [0.2, 0.25) is 0 Å². The van der Waals surface area contributed by atoms with Gasteiger partial charge in [-0.05, 0) is 31.0 Å². The molecule has 0 aliphatic carbocycles. The Hall–Kier alpha value is -1.55. The van der Waals surface area contributed by atoms with Crippen molar-refractivity contribution in [3.8, 4) is 0 Å². The van der Waals surface area contributed by atoms with Crippen molar-refractivity contribution in [3.05, 3.63) is 29.8 Å². The molecule has 1 aliphatic heterocycles. The fourth-order valence-corrected chi connectivity index (χ4v) is 2.43. The number of carbonyl (C=O) groups is 1. The number of aryl methyl sites for hydroxylation is 1. The van der Waals surface area contributed by atoms with Gasteiger partial charge in [0.1, 0.15) is 6.04 Å². The lowest BCUT2D eigenvalue weighted by Gasteiger charge is -2.40. The summed E-state index contributed by atoms with van der Waals surface area (Å²) in [7, 11) is 1.82. The van der Waals surface area contributed by atoms with E-state index in [9.17, 15) is 4.79 Å². The first-order valence-corrected chi connectivity index (χ1v) is 6.32. The van der Waals surface area contributed by atoms with Crippen LogP contribution in [0, 0.1) is 6.92 Å². The average molecular weight is 248 g/mol. The minimum absolute atomic E-state index is 0.0343. The van der Waals surface area contributed by atoms with Crippen LogP contribution in [0.4, 0.5) is 5.69 Å². The molecular weight excluding hydrogens is 228 g/mol. The van der Waals surface area contributed by atoms with Crippen molar-refractivity contribution in [2.75, 3.05) is 31.6 Å². The minimum Gasteiger partial charge on any atom is -0.396 e. The van der Waals surface area contributed by atoms with E-state index < -0.39 is 0 Å². The van der Waals surface area contributed by atoms with Crippen LogP contribution in [0.5, 0.6) is 0 Å². The molecule has 0 aromatic heterocycles. The fraction of sp³-hybridized carbons (Fsp3) is 0.500. The first-order chi connectivity index (χ1) is 8.63. The molecule has 4 nitrogen and oxygen atoms in total. The second-order valence-corrected chi connectivity index (χ2v) is 4.82. The van der Waals surface area contributed by atoms with E-state index in [1.165, 1.54) is 5.56 Å². The van der Waals surface area contributed by atoms with Crippen molar-refractivity contribution in [2.24, 2.45) is 0 Å². The molecular formula is C14H20N2O2. The van der Waals surface area contributed by atoms with Gasteiger partial charge in [0.2, 0.25) is 5.91 Å². The van der Waals surface area contributed by atoms with Gasteiger partial charge in [0.05, 0.1) is 0 Å². The molecule has 1 aliphatic rings. The zero-order chi connectivity index (χ0) is 13.1. The van der Waals surface area contributed by atoms with Crippen molar-refractivity contribution < 1.29 is 9.90 Å². The van der Waals surface area contributed by atoms with E-state index in [2.05, 4.69) is 11.0 Å². The summed E-state index contributed by atoms with van der Waals surface area (Å²) in [6.07, 6.45) is 0.483. The van der Waals surface area contributed by atoms with Gasteiger partial charge in [0.15, 0.2) is 0 Å². The van der Waals surface area contributed by atoms with Gasteiger partial charge in [0.25, 0.3) is 0 Å². The summed E-state index contributed by atoms with van der Waals surface area (Å²) >= 11 is 0. The zero-order valence-corrected chi connectivity index (χ0v) is 11.0. The Balaban J connectivity index is 2.27. The first-order valence-electron chi connectivity index (χ1n) is 6.32. The van der Waals surface area contributed by atoms with Crippen molar-refractivity contribution in [1.29, 1.82) is 0 Å². The number of hydrogen-bond donors (Lipinski definition) is 1. The maximum atomic E-state index is 12.2. The van der Waals surface area contributed by atoms with Crippen LogP contribution >= 0.6 is 0 Å². The summed E-state index contributed by atoms with van der Waals surface area (Å²) in [4.78, 5) is 16.0. The molecule has 0 saturated carbocycles. The van der Waals surface area contributed by atoms with Crippen LogP contribution in [-0.4, -0.2) is 48.7 Å². The lowest BCUT2D eigenvalue weighted by Crippen LogP contribution is -2.56. The molecule has 0 bridgehead atoms. The summed E-state index contributed by atoms with van der Waals surface area (Å²) in [6, 6.07) is 7.92. The number of hydrogen-bond acceptors (Lipinski definition) is 3. The van der Waals surface area contributed by atoms with E-state index in [1.54, 1.807) is 4.90 Å². The Morgan fingerprint density at radius 1 is 1.39 bits per heavy atom. The largest absolute Gasteiger partial charge is 0.396 e. The van der Waals surface area contributed by atoms with Crippen LogP contribution < -0.4 is 4.90 Å². The van der Waals surface area contributed by atoms with Gasteiger partial charge < -0.3 is 14.9 Å². The molecule has 1 fully saturated rings. The van der Waals surface area contributed by atoms with E-state index >= 15 is 0 Å². The van der Waals surface area contributed by atoms with Gasteiger partial charge in [-0.2, -0.15) is 0 Å². The molecule has 1 unspecified atom stereocenters. The predicted octanol–water partition coefficient (Wildman–Crippen LogP) is 1.02. The molecule has 1 saturated heterocycles. The number of aliphatic hydroxyl groups excluding tert-OH is 1. The van der Waals surface area contributed by atoms with E-state index in [1.807, 2.05) is 32.2 Å². The highest BCUT2D eigenvalue weighted by atomic mass is 16.3. The number of rotatable bonds is 3. The molecule has 98 valence electrons. The molecule has 1 heterocycles.